The zero-order valence-corrected chi connectivity index (χ0v) is 11.2. The molecule has 0 atom stereocenters. The van der Waals surface area contributed by atoms with E-state index in [0.29, 0.717) is 5.56 Å². The second-order valence-corrected chi connectivity index (χ2v) is 4.71. The van der Waals surface area contributed by atoms with Gasteiger partial charge in [0.2, 0.25) is 0 Å². The van der Waals surface area contributed by atoms with E-state index in [-0.39, 0.29) is 11.1 Å². The summed E-state index contributed by atoms with van der Waals surface area (Å²) in [6.07, 6.45) is 0. The number of carboxylic acid groups (broad SMARTS) is 1. The highest BCUT2D eigenvalue weighted by molar-refractivity contribution is 6.12. The quantitative estimate of drug-likeness (QED) is 0.841. The lowest BCUT2D eigenvalue weighted by Gasteiger charge is -2.08. The van der Waals surface area contributed by atoms with E-state index < -0.39 is 17.5 Å². The number of phenols is 1. The summed E-state index contributed by atoms with van der Waals surface area (Å²) in [5.41, 5.74) is 2.01. The topological polar surface area (TPSA) is 74.6 Å². The number of hydrogen-bond donors (Lipinski definition) is 2. The molecule has 2 aromatic rings. The van der Waals surface area contributed by atoms with Crippen LogP contribution in [0.3, 0.4) is 0 Å². The monoisotopic (exact) mass is 270 g/mol. The molecule has 2 aromatic carbocycles. The number of aromatic hydroxyl groups is 1. The fourth-order valence-electron chi connectivity index (χ4n) is 2.16. The van der Waals surface area contributed by atoms with E-state index in [0.717, 1.165) is 11.1 Å². The van der Waals surface area contributed by atoms with E-state index in [1.54, 1.807) is 12.1 Å². The Hall–Kier alpha value is -2.62. The van der Waals surface area contributed by atoms with E-state index in [1.807, 2.05) is 19.9 Å². The molecular formula is C16H14O4. The first kappa shape index (κ1) is 13.8. The molecule has 0 aliphatic heterocycles. The fraction of sp³-hybridized carbons (Fsp3) is 0.125. The molecule has 0 fully saturated rings. The van der Waals surface area contributed by atoms with E-state index in [9.17, 15) is 14.7 Å². The van der Waals surface area contributed by atoms with Gasteiger partial charge in [-0.25, -0.2) is 4.79 Å². The minimum atomic E-state index is -1.27. The average Bonchev–Trinajstić information content (AvgIpc) is 2.36. The predicted octanol–water partition coefficient (Wildman–Crippen LogP) is 2.94. The zero-order chi connectivity index (χ0) is 14.9. The van der Waals surface area contributed by atoms with Crippen molar-refractivity contribution >= 4 is 11.8 Å². The number of ketones is 1. The third kappa shape index (κ3) is 2.54. The van der Waals surface area contributed by atoms with Crippen molar-refractivity contribution in [2.45, 2.75) is 13.8 Å². The molecule has 0 bridgehead atoms. The van der Waals surface area contributed by atoms with Crippen LogP contribution in [0, 0.1) is 13.8 Å². The number of para-hydroxylation sites is 1. The molecular weight excluding hydrogens is 256 g/mol. The lowest BCUT2D eigenvalue weighted by atomic mass is 9.97. The highest BCUT2D eigenvalue weighted by Crippen LogP contribution is 2.25. The third-order valence-electron chi connectivity index (χ3n) is 2.99. The number of benzene rings is 2. The Labute approximate surface area is 116 Å². The first-order chi connectivity index (χ1) is 9.40. The molecule has 4 nitrogen and oxygen atoms in total. The Balaban J connectivity index is 2.54. The van der Waals surface area contributed by atoms with E-state index in [4.69, 9.17) is 5.11 Å². The number of rotatable bonds is 3. The van der Waals surface area contributed by atoms with Crippen molar-refractivity contribution in [3.63, 3.8) is 0 Å². The summed E-state index contributed by atoms with van der Waals surface area (Å²) in [6.45, 7) is 3.74. The van der Waals surface area contributed by atoms with Gasteiger partial charge >= 0.3 is 5.97 Å². The Morgan fingerprint density at radius 3 is 2.05 bits per heavy atom. The molecule has 0 amide bonds. The zero-order valence-electron chi connectivity index (χ0n) is 11.2. The Morgan fingerprint density at radius 2 is 1.50 bits per heavy atom. The molecule has 0 aromatic heterocycles. The normalized spacial score (nSPS) is 10.3. The molecule has 2 rings (SSSR count). The molecule has 0 radical (unpaired) electrons. The fourth-order valence-corrected chi connectivity index (χ4v) is 2.16. The number of carboxylic acids is 1. The van der Waals surface area contributed by atoms with Gasteiger partial charge < -0.3 is 10.2 Å². The summed E-state index contributed by atoms with van der Waals surface area (Å²) in [4.78, 5) is 23.4. The molecule has 102 valence electrons. The summed E-state index contributed by atoms with van der Waals surface area (Å²) in [5.74, 6) is -2.15. The number of aromatic carboxylic acids is 1. The molecule has 0 heterocycles. The van der Waals surface area contributed by atoms with E-state index in [2.05, 4.69) is 0 Å². The minimum absolute atomic E-state index is 0.00472. The maximum atomic E-state index is 12.4. The van der Waals surface area contributed by atoms with Gasteiger partial charge in [0.1, 0.15) is 11.3 Å². The second-order valence-electron chi connectivity index (χ2n) is 4.71. The van der Waals surface area contributed by atoms with Gasteiger partial charge in [0.05, 0.1) is 5.56 Å². The van der Waals surface area contributed by atoms with Crippen molar-refractivity contribution in [2.24, 2.45) is 0 Å². The Bertz CT molecular complexity index is 681. The lowest BCUT2D eigenvalue weighted by Crippen LogP contribution is -2.06. The first-order valence-electron chi connectivity index (χ1n) is 6.08. The van der Waals surface area contributed by atoms with Crippen LogP contribution in [0.15, 0.2) is 36.4 Å². The highest BCUT2D eigenvalue weighted by Gasteiger charge is 2.19. The summed E-state index contributed by atoms with van der Waals surface area (Å²) in [5, 5.41) is 18.9. The van der Waals surface area contributed by atoms with Gasteiger partial charge in [-0.3, -0.25) is 4.79 Å². The van der Waals surface area contributed by atoms with Gasteiger partial charge in [0.25, 0.3) is 0 Å². The highest BCUT2D eigenvalue weighted by atomic mass is 16.4. The Kier molecular flexibility index (Phi) is 3.57. The summed E-state index contributed by atoms with van der Waals surface area (Å²) in [7, 11) is 0. The van der Waals surface area contributed by atoms with Gasteiger partial charge in [0, 0.05) is 5.56 Å². The summed E-state index contributed by atoms with van der Waals surface area (Å²) >= 11 is 0. The minimum Gasteiger partial charge on any atom is -0.506 e. The van der Waals surface area contributed by atoms with Crippen LogP contribution in [0.25, 0.3) is 0 Å². The summed E-state index contributed by atoms with van der Waals surface area (Å²) in [6, 6.07) is 9.48. The SMILES string of the molecule is Cc1cc(C)cc(C(=O)c2cccc(C(=O)O)c2O)c1. The molecule has 0 saturated heterocycles. The van der Waals surface area contributed by atoms with Gasteiger partial charge in [0.15, 0.2) is 5.78 Å². The molecule has 0 saturated carbocycles. The van der Waals surface area contributed by atoms with Crippen LogP contribution < -0.4 is 0 Å². The van der Waals surface area contributed by atoms with Gasteiger partial charge in [-0.2, -0.15) is 0 Å². The lowest BCUT2D eigenvalue weighted by molar-refractivity contribution is 0.0693. The predicted molar refractivity (Wildman–Crippen MR) is 74.4 cm³/mol. The molecule has 0 spiro atoms. The third-order valence-corrected chi connectivity index (χ3v) is 2.99. The van der Waals surface area contributed by atoms with Crippen LogP contribution >= 0.6 is 0 Å². The molecule has 0 aliphatic carbocycles. The first-order valence-corrected chi connectivity index (χ1v) is 6.08. The number of carbonyl (C=O) groups excluding carboxylic acids is 1. The number of carbonyl (C=O) groups is 2. The molecule has 2 N–H and O–H groups in total. The van der Waals surface area contributed by atoms with Gasteiger partial charge in [-0.15, -0.1) is 0 Å². The van der Waals surface area contributed by atoms with Crippen LogP contribution in [0.2, 0.25) is 0 Å². The largest absolute Gasteiger partial charge is 0.506 e. The molecule has 0 unspecified atom stereocenters. The van der Waals surface area contributed by atoms with Crippen LogP contribution in [-0.4, -0.2) is 22.0 Å². The summed E-state index contributed by atoms with van der Waals surface area (Å²) < 4.78 is 0. The van der Waals surface area contributed by atoms with Crippen LogP contribution in [-0.2, 0) is 0 Å². The number of aryl methyl sites for hydroxylation is 2. The standard InChI is InChI=1S/C16H14O4/c1-9-6-10(2)8-11(7-9)14(17)12-4-3-5-13(15(12)18)16(19)20/h3-8,18H,1-2H3,(H,19,20). The van der Waals surface area contributed by atoms with Crippen LogP contribution in [0.1, 0.15) is 37.4 Å². The maximum absolute atomic E-state index is 12.4. The van der Waals surface area contributed by atoms with Gasteiger partial charge in [-0.1, -0.05) is 23.3 Å². The van der Waals surface area contributed by atoms with Crippen molar-refractivity contribution in [1.29, 1.82) is 0 Å². The second kappa shape index (κ2) is 5.17. The molecule has 0 aliphatic rings. The Morgan fingerprint density at radius 1 is 0.950 bits per heavy atom. The van der Waals surface area contributed by atoms with Crippen molar-refractivity contribution in [1.82, 2.24) is 0 Å². The average molecular weight is 270 g/mol. The smallest absolute Gasteiger partial charge is 0.339 e. The number of hydrogen-bond acceptors (Lipinski definition) is 3. The van der Waals surface area contributed by atoms with Crippen molar-refractivity contribution in [3.8, 4) is 5.75 Å². The van der Waals surface area contributed by atoms with E-state index >= 15 is 0 Å². The van der Waals surface area contributed by atoms with Crippen LogP contribution in [0.4, 0.5) is 0 Å². The molecule has 20 heavy (non-hydrogen) atoms. The van der Waals surface area contributed by atoms with Crippen LogP contribution in [0.5, 0.6) is 5.75 Å². The van der Waals surface area contributed by atoms with Crippen molar-refractivity contribution < 1.29 is 19.8 Å². The van der Waals surface area contributed by atoms with E-state index in [1.165, 1.54) is 18.2 Å². The van der Waals surface area contributed by atoms with Crippen molar-refractivity contribution in [2.75, 3.05) is 0 Å². The maximum Gasteiger partial charge on any atom is 0.339 e. The van der Waals surface area contributed by atoms with Crippen molar-refractivity contribution in [3.05, 3.63) is 64.2 Å². The van der Waals surface area contributed by atoms with Gasteiger partial charge in [-0.05, 0) is 38.1 Å². The molecule has 4 heteroatoms.